The zero-order valence-corrected chi connectivity index (χ0v) is 18.6. The molecule has 0 aliphatic rings. The number of anilines is 2. The zero-order chi connectivity index (χ0) is 21.8. The number of hydrogen-bond donors (Lipinski definition) is 2. The molecule has 2 N–H and O–H groups in total. The van der Waals surface area contributed by atoms with Gasteiger partial charge in [0.2, 0.25) is 11.0 Å². The topological polar surface area (TPSA) is 84.0 Å². The Bertz CT molecular complexity index is 1260. The summed E-state index contributed by atoms with van der Waals surface area (Å²) in [5, 5.41) is 16.1. The van der Waals surface area contributed by atoms with Gasteiger partial charge in [0.25, 0.3) is 5.91 Å². The van der Waals surface area contributed by atoms with E-state index in [1.165, 1.54) is 23.1 Å². The highest BCUT2D eigenvalue weighted by atomic mass is 32.2. The number of amides is 2. The van der Waals surface area contributed by atoms with Gasteiger partial charge >= 0.3 is 0 Å². The van der Waals surface area contributed by atoms with Crippen LogP contribution in [0.15, 0.2) is 65.0 Å². The zero-order valence-electron chi connectivity index (χ0n) is 17.0. The molecule has 0 unspecified atom stereocenters. The summed E-state index contributed by atoms with van der Waals surface area (Å²) < 4.78 is 0.615. The minimum absolute atomic E-state index is 0.117. The summed E-state index contributed by atoms with van der Waals surface area (Å²) in [7, 11) is 0. The third-order valence-electron chi connectivity index (χ3n) is 4.64. The number of nitrogens with zero attached hydrogens (tertiary/aromatic N) is 2. The van der Waals surface area contributed by atoms with Gasteiger partial charge in [-0.15, -0.1) is 10.2 Å². The number of benzene rings is 3. The molecule has 0 atom stereocenters. The summed E-state index contributed by atoms with van der Waals surface area (Å²) >= 11 is 2.53. The van der Waals surface area contributed by atoms with E-state index in [2.05, 4.69) is 20.8 Å². The van der Waals surface area contributed by atoms with E-state index in [0.29, 0.717) is 15.0 Å². The highest BCUT2D eigenvalue weighted by Crippen LogP contribution is 2.27. The molecular weight excluding hydrogens is 428 g/mol. The van der Waals surface area contributed by atoms with Gasteiger partial charge in [-0.1, -0.05) is 77.2 Å². The van der Waals surface area contributed by atoms with Crippen LogP contribution < -0.4 is 10.6 Å². The Morgan fingerprint density at radius 1 is 0.968 bits per heavy atom. The van der Waals surface area contributed by atoms with Crippen LogP contribution in [0.2, 0.25) is 0 Å². The lowest BCUT2D eigenvalue weighted by Crippen LogP contribution is -2.14. The van der Waals surface area contributed by atoms with Crippen molar-refractivity contribution in [1.82, 2.24) is 10.2 Å². The van der Waals surface area contributed by atoms with Crippen LogP contribution in [0.25, 0.3) is 10.8 Å². The molecular formula is C23H20N4O2S2. The molecule has 1 aromatic heterocycles. The number of thioether (sulfide) groups is 1. The first kappa shape index (κ1) is 21.0. The molecule has 0 bridgehead atoms. The monoisotopic (exact) mass is 448 g/mol. The molecule has 1 heterocycles. The van der Waals surface area contributed by atoms with Gasteiger partial charge in [-0.3, -0.25) is 14.9 Å². The van der Waals surface area contributed by atoms with E-state index < -0.39 is 0 Å². The second-order valence-electron chi connectivity index (χ2n) is 7.01. The van der Waals surface area contributed by atoms with Gasteiger partial charge in [0.15, 0.2) is 4.34 Å². The molecule has 0 radical (unpaired) electrons. The predicted octanol–water partition coefficient (Wildman–Crippen LogP) is 5.29. The average molecular weight is 449 g/mol. The number of aromatic nitrogens is 2. The van der Waals surface area contributed by atoms with Gasteiger partial charge in [-0.05, 0) is 42.3 Å². The van der Waals surface area contributed by atoms with Crippen LogP contribution in [0.4, 0.5) is 10.8 Å². The first-order valence-electron chi connectivity index (χ1n) is 9.62. The summed E-state index contributed by atoms with van der Waals surface area (Å²) in [5.41, 5.74) is 3.55. The third-order valence-corrected chi connectivity index (χ3v) is 6.62. The van der Waals surface area contributed by atoms with Crippen LogP contribution in [0.5, 0.6) is 0 Å². The van der Waals surface area contributed by atoms with E-state index >= 15 is 0 Å². The van der Waals surface area contributed by atoms with Crippen molar-refractivity contribution in [3.05, 3.63) is 77.4 Å². The Labute approximate surface area is 188 Å². The van der Waals surface area contributed by atoms with Crippen LogP contribution in [-0.2, 0) is 4.79 Å². The summed E-state index contributed by atoms with van der Waals surface area (Å²) in [6.45, 7) is 3.98. The van der Waals surface area contributed by atoms with Crippen molar-refractivity contribution in [2.75, 3.05) is 16.4 Å². The molecule has 0 fully saturated rings. The molecule has 0 aliphatic heterocycles. The Morgan fingerprint density at radius 2 is 1.77 bits per heavy atom. The van der Waals surface area contributed by atoms with Crippen molar-refractivity contribution in [3.8, 4) is 0 Å². The summed E-state index contributed by atoms with van der Waals surface area (Å²) in [5.74, 6) is -0.148. The maximum atomic E-state index is 12.7. The smallest absolute Gasteiger partial charge is 0.258 e. The molecule has 0 saturated carbocycles. The second-order valence-corrected chi connectivity index (χ2v) is 9.21. The van der Waals surface area contributed by atoms with Crippen molar-refractivity contribution in [2.45, 2.75) is 18.2 Å². The quantitative estimate of drug-likeness (QED) is 0.309. The SMILES string of the molecule is Cc1ccc(NC(=O)CSc2nnc(NC(=O)c3cccc4ccccc34)s2)c(C)c1. The van der Waals surface area contributed by atoms with Gasteiger partial charge in [-0.2, -0.15) is 0 Å². The fraction of sp³-hybridized carbons (Fsp3) is 0.130. The summed E-state index contributed by atoms with van der Waals surface area (Å²) in [6, 6.07) is 19.2. The first-order valence-corrected chi connectivity index (χ1v) is 11.4. The number of carbonyl (C=O) groups is 2. The molecule has 0 aliphatic carbocycles. The van der Waals surface area contributed by atoms with Crippen molar-refractivity contribution in [1.29, 1.82) is 0 Å². The molecule has 2 amide bonds. The molecule has 0 saturated heterocycles. The molecule has 4 rings (SSSR count). The van der Waals surface area contributed by atoms with Crippen LogP contribution >= 0.6 is 23.1 Å². The van der Waals surface area contributed by atoms with E-state index in [9.17, 15) is 9.59 Å². The van der Waals surface area contributed by atoms with Gasteiger partial charge < -0.3 is 5.32 Å². The molecule has 8 heteroatoms. The predicted molar refractivity (Wildman–Crippen MR) is 127 cm³/mol. The van der Waals surface area contributed by atoms with Crippen LogP contribution in [0.1, 0.15) is 21.5 Å². The Morgan fingerprint density at radius 3 is 2.61 bits per heavy atom. The van der Waals surface area contributed by atoms with Crippen molar-refractivity contribution < 1.29 is 9.59 Å². The van der Waals surface area contributed by atoms with Crippen molar-refractivity contribution in [3.63, 3.8) is 0 Å². The van der Waals surface area contributed by atoms with E-state index in [1.54, 1.807) is 6.07 Å². The molecule has 0 spiro atoms. The van der Waals surface area contributed by atoms with E-state index in [-0.39, 0.29) is 17.6 Å². The van der Waals surface area contributed by atoms with Crippen LogP contribution in [0, 0.1) is 13.8 Å². The standard InChI is InChI=1S/C23H20N4O2S2/c1-14-10-11-19(15(2)12-14)24-20(28)13-30-23-27-26-22(31-23)25-21(29)18-9-5-7-16-6-3-4-8-17(16)18/h3-12H,13H2,1-2H3,(H,24,28)(H,25,26,29). The van der Waals surface area contributed by atoms with Crippen molar-refractivity contribution >= 4 is 56.5 Å². The van der Waals surface area contributed by atoms with Gasteiger partial charge in [0.1, 0.15) is 0 Å². The Hall–Kier alpha value is -3.23. The molecule has 6 nitrogen and oxygen atoms in total. The minimum Gasteiger partial charge on any atom is -0.325 e. The molecule has 3 aromatic carbocycles. The average Bonchev–Trinajstić information content (AvgIpc) is 3.21. The van der Waals surface area contributed by atoms with Gasteiger partial charge in [0.05, 0.1) is 5.75 Å². The molecule has 31 heavy (non-hydrogen) atoms. The number of carbonyl (C=O) groups excluding carboxylic acids is 2. The number of aryl methyl sites for hydroxylation is 2. The van der Waals surface area contributed by atoms with E-state index in [4.69, 9.17) is 0 Å². The van der Waals surface area contributed by atoms with E-state index in [1.807, 2.05) is 68.4 Å². The lowest BCUT2D eigenvalue weighted by atomic mass is 10.0. The maximum absolute atomic E-state index is 12.7. The molecule has 4 aromatic rings. The third kappa shape index (κ3) is 5.10. The van der Waals surface area contributed by atoms with Gasteiger partial charge in [-0.25, -0.2) is 0 Å². The lowest BCUT2D eigenvalue weighted by Gasteiger charge is -2.08. The Balaban J connectivity index is 1.36. The number of rotatable bonds is 6. The summed E-state index contributed by atoms with van der Waals surface area (Å²) in [6.07, 6.45) is 0. The highest BCUT2D eigenvalue weighted by Gasteiger charge is 2.14. The summed E-state index contributed by atoms with van der Waals surface area (Å²) in [4.78, 5) is 25.0. The number of fused-ring (bicyclic) bond motifs is 1. The largest absolute Gasteiger partial charge is 0.325 e. The van der Waals surface area contributed by atoms with Gasteiger partial charge in [0, 0.05) is 11.3 Å². The highest BCUT2D eigenvalue weighted by molar-refractivity contribution is 8.01. The number of hydrogen-bond acceptors (Lipinski definition) is 6. The van der Waals surface area contributed by atoms with E-state index in [0.717, 1.165) is 27.6 Å². The fourth-order valence-electron chi connectivity index (χ4n) is 3.17. The Kier molecular flexibility index (Phi) is 6.29. The minimum atomic E-state index is -0.239. The normalized spacial score (nSPS) is 10.8. The molecule has 156 valence electrons. The first-order chi connectivity index (χ1) is 15.0. The number of nitrogens with one attached hydrogen (secondary N) is 2. The fourth-order valence-corrected chi connectivity index (χ4v) is 4.72. The van der Waals surface area contributed by atoms with Crippen LogP contribution in [-0.4, -0.2) is 27.8 Å². The van der Waals surface area contributed by atoms with Crippen LogP contribution in [0.3, 0.4) is 0 Å². The second kappa shape index (κ2) is 9.28. The van der Waals surface area contributed by atoms with Crippen molar-refractivity contribution in [2.24, 2.45) is 0 Å². The maximum Gasteiger partial charge on any atom is 0.258 e. The lowest BCUT2D eigenvalue weighted by molar-refractivity contribution is -0.113.